The van der Waals surface area contributed by atoms with E-state index in [2.05, 4.69) is 40.7 Å². The van der Waals surface area contributed by atoms with Gasteiger partial charge in [0.1, 0.15) is 5.75 Å². The van der Waals surface area contributed by atoms with Gasteiger partial charge in [0.25, 0.3) is 0 Å². The van der Waals surface area contributed by atoms with E-state index in [1.54, 1.807) is 19.2 Å². The number of amides is 1. The quantitative estimate of drug-likeness (QED) is 0.563. The van der Waals surface area contributed by atoms with Crippen molar-refractivity contribution in [1.82, 2.24) is 10.2 Å². The minimum absolute atomic E-state index is 0.122. The third kappa shape index (κ3) is 4.99. The normalized spacial score (nSPS) is 10.5. The van der Waals surface area contributed by atoms with Gasteiger partial charge in [-0.1, -0.05) is 47.4 Å². The fourth-order valence-corrected chi connectivity index (χ4v) is 3.95. The summed E-state index contributed by atoms with van der Waals surface area (Å²) >= 11 is 2.78. The number of hydrogen-bond acceptors (Lipinski definition) is 7. The molecule has 0 saturated heterocycles. The van der Waals surface area contributed by atoms with Crippen molar-refractivity contribution in [2.75, 3.05) is 23.5 Å². The highest BCUT2D eigenvalue weighted by atomic mass is 32.2. The largest absolute Gasteiger partial charge is 0.495 e. The molecule has 2 N–H and O–H groups in total. The van der Waals surface area contributed by atoms with Crippen molar-refractivity contribution >= 4 is 45.5 Å². The van der Waals surface area contributed by atoms with Crippen molar-refractivity contribution < 1.29 is 9.53 Å². The minimum Gasteiger partial charge on any atom is -0.495 e. The molecule has 0 unspecified atom stereocenters. The average Bonchev–Trinajstić information content (AvgIpc) is 3.12. The summed E-state index contributed by atoms with van der Waals surface area (Å²) in [5.74, 6) is 0.756. The van der Waals surface area contributed by atoms with E-state index in [4.69, 9.17) is 4.74 Å². The molecule has 0 aliphatic heterocycles. The van der Waals surface area contributed by atoms with Gasteiger partial charge in [-0.05, 0) is 43.2 Å². The second-order valence-electron chi connectivity index (χ2n) is 5.78. The Kier molecular flexibility index (Phi) is 6.31. The summed E-state index contributed by atoms with van der Waals surface area (Å²) in [6, 6.07) is 13.4. The lowest BCUT2D eigenvalue weighted by Crippen LogP contribution is -2.14. The zero-order valence-corrected chi connectivity index (χ0v) is 16.9. The molecule has 8 heteroatoms. The number of aromatic nitrogens is 2. The summed E-state index contributed by atoms with van der Waals surface area (Å²) < 4.78 is 5.97. The lowest BCUT2D eigenvalue weighted by atomic mass is 10.1. The highest BCUT2D eigenvalue weighted by molar-refractivity contribution is 8.01. The number of thioether (sulfide) groups is 1. The summed E-state index contributed by atoms with van der Waals surface area (Å²) in [6.45, 7) is 4.14. The van der Waals surface area contributed by atoms with Crippen molar-refractivity contribution in [1.29, 1.82) is 0 Å². The molecule has 3 rings (SSSR count). The molecule has 0 fully saturated rings. The maximum absolute atomic E-state index is 12.2. The SMILES string of the molecule is COc1ccccc1NC(=O)CSc1nnc(Nc2cccc(C)c2C)s1. The number of anilines is 3. The number of nitrogens with zero attached hydrogens (tertiary/aromatic N) is 2. The van der Waals surface area contributed by atoms with Crippen LogP contribution < -0.4 is 15.4 Å². The first kappa shape index (κ1) is 19.2. The Morgan fingerprint density at radius 3 is 2.70 bits per heavy atom. The second-order valence-corrected chi connectivity index (χ2v) is 7.98. The molecule has 0 saturated carbocycles. The number of hydrogen-bond donors (Lipinski definition) is 2. The maximum Gasteiger partial charge on any atom is 0.234 e. The Bertz CT molecular complexity index is 943. The highest BCUT2D eigenvalue weighted by Gasteiger charge is 2.11. The van der Waals surface area contributed by atoms with Gasteiger partial charge in [-0.25, -0.2) is 0 Å². The van der Waals surface area contributed by atoms with Gasteiger partial charge in [0.15, 0.2) is 4.34 Å². The first-order chi connectivity index (χ1) is 13.1. The Morgan fingerprint density at radius 1 is 1.11 bits per heavy atom. The molecule has 0 aliphatic carbocycles. The first-order valence-corrected chi connectivity index (χ1v) is 10.1. The van der Waals surface area contributed by atoms with Crippen LogP contribution in [0.1, 0.15) is 11.1 Å². The molecule has 1 heterocycles. The number of rotatable bonds is 7. The van der Waals surface area contributed by atoms with Gasteiger partial charge >= 0.3 is 0 Å². The zero-order valence-electron chi connectivity index (χ0n) is 15.3. The zero-order chi connectivity index (χ0) is 19.2. The number of carbonyl (C=O) groups is 1. The number of ether oxygens (including phenoxy) is 1. The predicted molar refractivity (Wildman–Crippen MR) is 111 cm³/mol. The van der Waals surface area contributed by atoms with Gasteiger partial charge in [-0.15, -0.1) is 10.2 Å². The van der Waals surface area contributed by atoms with E-state index in [1.807, 2.05) is 24.3 Å². The summed E-state index contributed by atoms with van der Waals surface area (Å²) in [6.07, 6.45) is 0. The maximum atomic E-state index is 12.2. The van der Waals surface area contributed by atoms with Gasteiger partial charge < -0.3 is 15.4 Å². The number of carbonyl (C=O) groups excluding carboxylic acids is 1. The van der Waals surface area contributed by atoms with Gasteiger partial charge in [0.2, 0.25) is 11.0 Å². The molecule has 1 aromatic heterocycles. The van der Waals surface area contributed by atoms with Crippen molar-refractivity contribution in [2.24, 2.45) is 0 Å². The van der Waals surface area contributed by atoms with Gasteiger partial charge in [0, 0.05) is 5.69 Å². The molecular formula is C19H20N4O2S2. The van der Waals surface area contributed by atoms with Crippen LogP contribution in [0.2, 0.25) is 0 Å². The molecule has 27 heavy (non-hydrogen) atoms. The topological polar surface area (TPSA) is 76.1 Å². The molecule has 140 valence electrons. The fourth-order valence-electron chi connectivity index (χ4n) is 2.38. The van der Waals surface area contributed by atoms with Crippen LogP contribution in [0.4, 0.5) is 16.5 Å². The van der Waals surface area contributed by atoms with Gasteiger partial charge in [0.05, 0.1) is 18.6 Å². The summed E-state index contributed by atoms with van der Waals surface area (Å²) in [7, 11) is 1.57. The highest BCUT2D eigenvalue weighted by Crippen LogP contribution is 2.30. The molecule has 6 nitrogen and oxygen atoms in total. The van der Waals surface area contributed by atoms with Crippen LogP contribution in [0.15, 0.2) is 46.8 Å². The van der Waals surface area contributed by atoms with E-state index in [0.717, 1.165) is 10.0 Å². The number of methoxy groups -OCH3 is 1. The van der Waals surface area contributed by atoms with Gasteiger partial charge in [-0.2, -0.15) is 0 Å². The van der Waals surface area contributed by atoms with E-state index >= 15 is 0 Å². The number of benzene rings is 2. The summed E-state index contributed by atoms with van der Waals surface area (Å²) in [5, 5.41) is 15.1. The van der Waals surface area contributed by atoms with Crippen LogP contribution >= 0.6 is 23.1 Å². The molecule has 0 bridgehead atoms. The lowest BCUT2D eigenvalue weighted by molar-refractivity contribution is -0.113. The van der Waals surface area contributed by atoms with Crippen molar-refractivity contribution in [2.45, 2.75) is 18.2 Å². The van der Waals surface area contributed by atoms with E-state index in [-0.39, 0.29) is 11.7 Å². The molecule has 2 aromatic carbocycles. The van der Waals surface area contributed by atoms with Gasteiger partial charge in [-0.3, -0.25) is 4.79 Å². The molecule has 1 amide bonds. The van der Waals surface area contributed by atoms with Crippen LogP contribution in [0.5, 0.6) is 5.75 Å². The summed E-state index contributed by atoms with van der Waals surface area (Å²) in [5.41, 5.74) is 4.06. The number of nitrogens with one attached hydrogen (secondary N) is 2. The third-order valence-corrected chi connectivity index (χ3v) is 5.93. The average molecular weight is 401 g/mol. The monoisotopic (exact) mass is 400 g/mol. The molecule has 0 aliphatic rings. The van der Waals surface area contributed by atoms with Crippen molar-refractivity contribution in [3.8, 4) is 5.75 Å². The van der Waals surface area contributed by atoms with Crippen LogP contribution in [-0.4, -0.2) is 29.0 Å². The molecular weight excluding hydrogens is 380 g/mol. The van der Waals surface area contributed by atoms with Crippen LogP contribution in [-0.2, 0) is 4.79 Å². The molecule has 3 aromatic rings. The Labute approximate surface area is 166 Å². The molecule has 0 radical (unpaired) electrons. The first-order valence-electron chi connectivity index (χ1n) is 8.29. The van der Waals surface area contributed by atoms with E-state index < -0.39 is 0 Å². The predicted octanol–water partition coefficient (Wildman–Crippen LogP) is 4.64. The van der Waals surface area contributed by atoms with E-state index in [1.165, 1.54) is 34.2 Å². The standard InChI is InChI=1S/C19H20N4O2S2/c1-12-7-6-9-14(13(12)2)21-18-22-23-19(27-18)26-11-17(24)20-15-8-4-5-10-16(15)25-3/h4-10H,11H2,1-3H3,(H,20,24)(H,21,22). The van der Waals surface area contributed by atoms with E-state index in [0.29, 0.717) is 16.6 Å². The van der Waals surface area contributed by atoms with Crippen LogP contribution in [0.3, 0.4) is 0 Å². The summed E-state index contributed by atoms with van der Waals surface area (Å²) in [4.78, 5) is 12.2. The fraction of sp³-hybridized carbons (Fsp3) is 0.211. The third-order valence-electron chi connectivity index (χ3n) is 3.96. The minimum atomic E-state index is -0.122. The van der Waals surface area contributed by atoms with Crippen LogP contribution in [0.25, 0.3) is 0 Å². The molecule has 0 spiro atoms. The van der Waals surface area contributed by atoms with Crippen LogP contribution in [0, 0.1) is 13.8 Å². The smallest absolute Gasteiger partial charge is 0.234 e. The Balaban J connectivity index is 1.56. The number of aryl methyl sites for hydroxylation is 1. The Hall–Kier alpha value is -2.58. The van der Waals surface area contributed by atoms with Crippen molar-refractivity contribution in [3.05, 3.63) is 53.6 Å². The Morgan fingerprint density at radius 2 is 1.89 bits per heavy atom. The van der Waals surface area contributed by atoms with E-state index in [9.17, 15) is 4.79 Å². The second kappa shape index (κ2) is 8.88. The van der Waals surface area contributed by atoms with Crippen molar-refractivity contribution in [3.63, 3.8) is 0 Å². The lowest BCUT2D eigenvalue weighted by Gasteiger charge is -2.09. The number of para-hydroxylation sites is 2. The molecule has 0 atom stereocenters.